The third kappa shape index (κ3) is 5.31. The summed E-state index contributed by atoms with van der Waals surface area (Å²) in [5.74, 6) is 0.692. The van der Waals surface area contributed by atoms with E-state index in [1.807, 2.05) is 44.6 Å². The smallest absolute Gasteiger partial charge is 0.465 e. The van der Waals surface area contributed by atoms with Crippen LogP contribution < -0.4 is 0 Å². The molecule has 3 heterocycles. The highest BCUT2D eigenvalue weighted by atomic mass is 16.7. The zero-order valence-electron chi connectivity index (χ0n) is 18.3. The van der Waals surface area contributed by atoms with E-state index in [1.165, 1.54) is 0 Å². The van der Waals surface area contributed by atoms with Crippen LogP contribution in [0.5, 0.6) is 0 Å². The van der Waals surface area contributed by atoms with Gasteiger partial charge in [-0.1, -0.05) is 6.58 Å². The summed E-state index contributed by atoms with van der Waals surface area (Å²) < 4.78 is 30.7. The number of allylic oxidation sites excluding steroid dienone is 3. The number of hydrogen-bond donors (Lipinski definition) is 0. The van der Waals surface area contributed by atoms with Gasteiger partial charge in [0.25, 0.3) is 0 Å². The summed E-state index contributed by atoms with van der Waals surface area (Å²) in [5.41, 5.74) is 0.950. The minimum absolute atomic E-state index is 0.00300. The van der Waals surface area contributed by atoms with Crippen molar-refractivity contribution in [1.29, 1.82) is 0 Å². The molecular formula is C21H33BN2O5. The zero-order valence-corrected chi connectivity index (χ0v) is 18.3. The summed E-state index contributed by atoms with van der Waals surface area (Å²) in [6.07, 6.45) is 9.39. The molecule has 1 aromatic rings. The Labute approximate surface area is 174 Å². The molecule has 1 unspecified atom stereocenters. The second kappa shape index (κ2) is 9.04. The van der Waals surface area contributed by atoms with Gasteiger partial charge < -0.3 is 23.5 Å². The fraction of sp³-hybridized carbons (Fsp3) is 0.667. The first-order valence-corrected chi connectivity index (χ1v) is 10.2. The Morgan fingerprint density at radius 2 is 2.03 bits per heavy atom. The second-order valence-electron chi connectivity index (χ2n) is 8.61. The Bertz CT molecular complexity index is 721. The second-order valence-corrected chi connectivity index (χ2v) is 8.61. The van der Waals surface area contributed by atoms with E-state index in [0.29, 0.717) is 12.1 Å². The van der Waals surface area contributed by atoms with E-state index in [2.05, 4.69) is 11.7 Å². The number of rotatable bonds is 8. The Morgan fingerprint density at radius 3 is 2.66 bits per heavy atom. The SMILES string of the molecule is C=C(/C=C(\CB1OC(C)(C)C(C)(C)O1)OCOC)c1cnn(C2CCCCO2)c1. The van der Waals surface area contributed by atoms with E-state index in [9.17, 15) is 0 Å². The first-order valence-electron chi connectivity index (χ1n) is 10.2. The maximum atomic E-state index is 6.10. The van der Waals surface area contributed by atoms with Gasteiger partial charge in [0.15, 0.2) is 6.79 Å². The lowest BCUT2D eigenvalue weighted by Gasteiger charge is -2.32. The Kier molecular flexibility index (Phi) is 6.89. The van der Waals surface area contributed by atoms with E-state index < -0.39 is 7.12 Å². The van der Waals surface area contributed by atoms with Crippen LogP contribution in [0.1, 0.15) is 58.7 Å². The van der Waals surface area contributed by atoms with Gasteiger partial charge in [0.05, 0.1) is 23.2 Å². The molecule has 0 aliphatic carbocycles. The Hall–Kier alpha value is -1.61. The van der Waals surface area contributed by atoms with Crippen LogP contribution in [0.4, 0.5) is 0 Å². The van der Waals surface area contributed by atoms with Crippen LogP contribution in [0.15, 0.2) is 30.8 Å². The van der Waals surface area contributed by atoms with Gasteiger partial charge in [-0.2, -0.15) is 5.10 Å². The topological polar surface area (TPSA) is 64.0 Å². The fourth-order valence-electron chi connectivity index (χ4n) is 3.38. The van der Waals surface area contributed by atoms with Gasteiger partial charge in [-0.15, -0.1) is 0 Å². The van der Waals surface area contributed by atoms with Crippen molar-refractivity contribution in [1.82, 2.24) is 9.78 Å². The summed E-state index contributed by atoms with van der Waals surface area (Å²) >= 11 is 0. The molecule has 3 rings (SSSR count). The van der Waals surface area contributed by atoms with Crippen molar-refractivity contribution in [3.8, 4) is 0 Å². The number of hydrogen-bond acceptors (Lipinski definition) is 6. The molecule has 0 saturated carbocycles. The average Bonchev–Trinajstić information content (AvgIpc) is 3.23. The zero-order chi connectivity index (χ0) is 21.1. The first kappa shape index (κ1) is 22.1. The molecule has 2 saturated heterocycles. The monoisotopic (exact) mass is 404 g/mol. The summed E-state index contributed by atoms with van der Waals surface area (Å²) in [6.45, 7) is 13.3. The quantitative estimate of drug-likeness (QED) is 0.280. The van der Waals surface area contributed by atoms with Crippen LogP contribution in [-0.4, -0.2) is 48.6 Å². The maximum absolute atomic E-state index is 6.10. The van der Waals surface area contributed by atoms with Crippen molar-refractivity contribution >= 4 is 12.7 Å². The molecule has 1 aromatic heterocycles. The maximum Gasteiger partial charge on any atom is 0.465 e. The molecule has 0 bridgehead atoms. The normalized spacial score (nSPS) is 24.0. The Balaban J connectivity index is 1.69. The number of aromatic nitrogens is 2. The van der Waals surface area contributed by atoms with E-state index in [0.717, 1.165) is 37.0 Å². The molecule has 1 atom stereocenters. The van der Waals surface area contributed by atoms with Crippen LogP contribution in [0, 0.1) is 0 Å². The van der Waals surface area contributed by atoms with Crippen molar-refractivity contribution in [2.24, 2.45) is 0 Å². The summed E-state index contributed by atoms with van der Waals surface area (Å²) in [5, 5.41) is 4.46. The van der Waals surface area contributed by atoms with Crippen LogP contribution in [-0.2, 0) is 23.5 Å². The van der Waals surface area contributed by atoms with Gasteiger partial charge in [-0.25, -0.2) is 4.68 Å². The molecule has 0 amide bonds. The Morgan fingerprint density at radius 1 is 1.31 bits per heavy atom. The van der Waals surface area contributed by atoms with E-state index in [1.54, 1.807) is 13.3 Å². The predicted octanol–water partition coefficient (Wildman–Crippen LogP) is 4.19. The third-order valence-corrected chi connectivity index (χ3v) is 5.79. The lowest BCUT2D eigenvalue weighted by molar-refractivity contribution is -0.0394. The minimum atomic E-state index is -0.394. The summed E-state index contributed by atoms with van der Waals surface area (Å²) in [6, 6.07) is 0. The molecule has 8 heteroatoms. The molecule has 29 heavy (non-hydrogen) atoms. The van der Waals surface area contributed by atoms with Gasteiger partial charge in [0, 0.05) is 31.8 Å². The minimum Gasteiger partial charge on any atom is -0.472 e. The first-order chi connectivity index (χ1) is 13.7. The van der Waals surface area contributed by atoms with Gasteiger partial charge in [-0.05, 0) is 58.6 Å². The van der Waals surface area contributed by atoms with Gasteiger partial charge in [-0.3, -0.25) is 0 Å². The molecule has 2 aliphatic heterocycles. The molecule has 0 N–H and O–H groups in total. The molecule has 7 nitrogen and oxygen atoms in total. The molecule has 2 aliphatic rings. The van der Waals surface area contributed by atoms with Gasteiger partial charge in [0.1, 0.15) is 6.23 Å². The largest absolute Gasteiger partial charge is 0.472 e. The summed E-state index contributed by atoms with van der Waals surface area (Å²) in [4.78, 5) is 0. The lowest BCUT2D eigenvalue weighted by Crippen LogP contribution is -2.41. The highest BCUT2D eigenvalue weighted by molar-refractivity contribution is 6.46. The molecule has 160 valence electrons. The molecule has 0 radical (unpaired) electrons. The van der Waals surface area contributed by atoms with Crippen molar-refractivity contribution < 1.29 is 23.5 Å². The standard InChI is InChI=1S/C21H33BN2O5/c1-16(17-13-23-24(14-17)19-9-7-8-10-26-19)11-18(27-15-25-6)12-22-28-20(2,3)21(4,5)29-22/h11,13-14,19H,1,7-10,12,15H2,2-6H3/b18-11+. The van der Waals surface area contributed by atoms with Gasteiger partial charge >= 0.3 is 7.12 Å². The lowest BCUT2D eigenvalue weighted by atomic mass is 9.83. The van der Waals surface area contributed by atoms with E-state index in [-0.39, 0.29) is 24.2 Å². The predicted molar refractivity (Wildman–Crippen MR) is 112 cm³/mol. The van der Waals surface area contributed by atoms with Crippen LogP contribution in [0.2, 0.25) is 6.32 Å². The van der Waals surface area contributed by atoms with Crippen LogP contribution in [0.25, 0.3) is 5.57 Å². The third-order valence-electron chi connectivity index (χ3n) is 5.79. The van der Waals surface area contributed by atoms with Crippen molar-refractivity contribution in [3.05, 3.63) is 36.4 Å². The molecule has 0 spiro atoms. The van der Waals surface area contributed by atoms with Crippen molar-refractivity contribution in [2.75, 3.05) is 20.5 Å². The van der Waals surface area contributed by atoms with Crippen LogP contribution >= 0.6 is 0 Å². The summed E-state index contributed by atoms with van der Waals surface area (Å²) in [7, 11) is 1.20. The fourth-order valence-corrected chi connectivity index (χ4v) is 3.38. The average molecular weight is 404 g/mol. The van der Waals surface area contributed by atoms with Crippen LogP contribution in [0.3, 0.4) is 0 Å². The highest BCUT2D eigenvalue weighted by Gasteiger charge is 2.51. The van der Waals surface area contributed by atoms with E-state index in [4.69, 9.17) is 23.5 Å². The van der Waals surface area contributed by atoms with E-state index >= 15 is 0 Å². The molecule has 2 fully saturated rings. The number of nitrogens with zero attached hydrogens (tertiary/aromatic N) is 2. The molecular weight excluding hydrogens is 371 g/mol. The number of ether oxygens (including phenoxy) is 3. The van der Waals surface area contributed by atoms with Crippen molar-refractivity contribution in [3.63, 3.8) is 0 Å². The number of methoxy groups -OCH3 is 1. The van der Waals surface area contributed by atoms with Crippen molar-refractivity contribution in [2.45, 2.75) is 70.7 Å². The van der Waals surface area contributed by atoms with Gasteiger partial charge in [0.2, 0.25) is 0 Å². The molecule has 0 aromatic carbocycles. The highest BCUT2D eigenvalue weighted by Crippen LogP contribution is 2.38.